The standard InChI is InChI=1S/C12H16N4/c1-9-3-5-14-12(11(9)7-13)15-10-4-6-16(2)8-10/h3,5,10H,4,6,8H2,1-2H3,(H,14,15). The van der Waals surface area contributed by atoms with Gasteiger partial charge in [-0.1, -0.05) is 0 Å². The molecular formula is C12H16N4. The Morgan fingerprint density at radius 1 is 1.62 bits per heavy atom. The smallest absolute Gasteiger partial charge is 0.144 e. The van der Waals surface area contributed by atoms with E-state index in [0.29, 0.717) is 11.6 Å². The molecule has 0 spiro atoms. The maximum atomic E-state index is 9.08. The highest BCUT2D eigenvalue weighted by Crippen LogP contribution is 2.18. The molecule has 0 bridgehead atoms. The Morgan fingerprint density at radius 3 is 3.06 bits per heavy atom. The molecular weight excluding hydrogens is 200 g/mol. The largest absolute Gasteiger partial charge is 0.365 e. The highest BCUT2D eigenvalue weighted by molar-refractivity contribution is 5.55. The summed E-state index contributed by atoms with van der Waals surface area (Å²) >= 11 is 0. The second kappa shape index (κ2) is 4.50. The van der Waals surface area contributed by atoms with E-state index in [0.717, 1.165) is 30.9 Å². The fourth-order valence-corrected chi connectivity index (χ4v) is 2.05. The quantitative estimate of drug-likeness (QED) is 0.811. The van der Waals surface area contributed by atoms with Gasteiger partial charge in [-0.2, -0.15) is 5.26 Å². The van der Waals surface area contributed by atoms with Crippen LogP contribution in [0.25, 0.3) is 0 Å². The zero-order valence-electron chi connectivity index (χ0n) is 9.70. The summed E-state index contributed by atoms with van der Waals surface area (Å²) in [5.41, 5.74) is 1.64. The number of rotatable bonds is 2. The summed E-state index contributed by atoms with van der Waals surface area (Å²) in [6.45, 7) is 4.05. The van der Waals surface area contributed by atoms with Gasteiger partial charge in [0, 0.05) is 18.8 Å². The van der Waals surface area contributed by atoms with E-state index in [1.165, 1.54) is 0 Å². The number of nitrogens with one attached hydrogen (secondary N) is 1. The molecule has 1 aromatic heterocycles. The average Bonchev–Trinajstić information content (AvgIpc) is 2.64. The summed E-state index contributed by atoms with van der Waals surface area (Å²) in [6.07, 6.45) is 2.86. The van der Waals surface area contributed by atoms with Crippen LogP contribution in [0.3, 0.4) is 0 Å². The number of hydrogen-bond acceptors (Lipinski definition) is 4. The van der Waals surface area contributed by atoms with Crippen molar-refractivity contribution in [1.82, 2.24) is 9.88 Å². The van der Waals surface area contributed by atoms with Gasteiger partial charge < -0.3 is 10.2 Å². The van der Waals surface area contributed by atoms with Gasteiger partial charge in [0.05, 0.1) is 5.56 Å². The average molecular weight is 216 g/mol. The number of aromatic nitrogens is 1. The molecule has 1 aromatic rings. The van der Waals surface area contributed by atoms with Crippen molar-refractivity contribution in [1.29, 1.82) is 5.26 Å². The van der Waals surface area contributed by atoms with Crippen LogP contribution in [0.5, 0.6) is 0 Å². The van der Waals surface area contributed by atoms with Crippen molar-refractivity contribution in [3.8, 4) is 6.07 Å². The highest BCUT2D eigenvalue weighted by atomic mass is 15.2. The summed E-state index contributed by atoms with van der Waals surface area (Å²) in [5.74, 6) is 0.725. The predicted octanol–water partition coefficient (Wildman–Crippen LogP) is 1.38. The van der Waals surface area contributed by atoms with Crippen LogP contribution in [0.4, 0.5) is 5.82 Å². The first kappa shape index (κ1) is 10.9. The summed E-state index contributed by atoms with van der Waals surface area (Å²) < 4.78 is 0. The van der Waals surface area contributed by atoms with Gasteiger partial charge in [-0.05, 0) is 38.6 Å². The first-order chi connectivity index (χ1) is 7.70. The van der Waals surface area contributed by atoms with Crippen LogP contribution < -0.4 is 5.32 Å². The van der Waals surface area contributed by atoms with E-state index in [-0.39, 0.29) is 0 Å². The van der Waals surface area contributed by atoms with Crippen LogP contribution in [-0.2, 0) is 0 Å². The van der Waals surface area contributed by atoms with Gasteiger partial charge in [0.1, 0.15) is 11.9 Å². The molecule has 2 heterocycles. The molecule has 1 atom stereocenters. The van der Waals surface area contributed by atoms with Gasteiger partial charge >= 0.3 is 0 Å². The van der Waals surface area contributed by atoms with Crippen molar-refractivity contribution < 1.29 is 0 Å². The molecule has 1 N–H and O–H groups in total. The van der Waals surface area contributed by atoms with Crippen LogP contribution >= 0.6 is 0 Å². The Bertz CT molecular complexity index is 422. The van der Waals surface area contributed by atoms with E-state index >= 15 is 0 Å². The number of pyridine rings is 1. The van der Waals surface area contributed by atoms with Gasteiger partial charge in [0.25, 0.3) is 0 Å². The van der Waals surface area contributed by atoms with Crippen LogP contribution in [0.15, 0.2) is 12.3 Å². The lowest BCUT2D eigenvalue weighted by Crippen LogP contribution is -2.24. The van der Waals surface area contributed by atoms with Gasteiger partial charge in [-0.15, -0.1) is 0 Å². The molecule has 1 saturated heterocycles. The molecule has 0 aliphatic carbocycles. The number of hydrogen-bond donors (Lipinski definition) is 1. The normalized spacial score (nSPS) is 20.7. The molecule has 0 radical (unpaired) electrons. The van der Waals surface area contributed by atoms with Gasteiger partial charge in [-0.3, -0.25) is 0 Å². The zero-order valence-corrected chi connectivity index (χ0v) is 9.70. The molecule has 4 nitrogen and oxygen atoms in total. The number of aryl methyl sites for hydroxylation is 1. The van der Waals surface area contributed by atoms with Gasteiger partial charge in [-0.25, -0.2) is 4.98 Å². The predicted molar refractivity (Wildman–Crippen MR) is 63.2 cm³/mol. The monoisotopic (exact) mass is 216 g/mol. The summed E-state index contributed by atoms with van der Waals surface area (Å²) in [6, 6.07) is 4.48. The van der Waals surface area contributed by atoms with E-state index < -0.39 is 0 Å². The molecule has 0 aromatic carbocycles. The molecule has 1 aliphatic heterocycles. The van der Waals surface area contributed by atoms with Crippen molar-refractivity contribution in [3.63, 3.8) is 0 Å². The van der Waals surface area contributed by atoms with E-state index in [9.17, 15) is 0 Å². The van der Waals surface area contributed by atoms with Crippen LogP contribution in [0.2, 0.25) is 0 Å². The Balaban J connectivity index is 2.16. The lowest BCUT2D eigenvalue weighted by molar-refractivity contribution is 0.414. The maximum absolute atomic E-state index is 9.08. The lowest BCUT2D eigenvalue weighted by atomic mass is 10.1. The summed E-state index contributed by atoms with van der Waals surface area (Å²) in [4.78, 5) is 6.52. The Labute approximate surface area is 95.9 Å². The van der Waals surface area contributed by atoms with E-state index in [1.807, 2.05) is 13.0 Å². The first-order valence-corrected chi connectivity index (χ1v) is 5.51. The number of nitriles is 1. The van der Waals surface area contributed by atoms with E-state index in [4.69, 9.17) is 5.26 Å². The molecule has 2 rings (SSSR count). The Hall–Kier alpha value is -1.60. The number of likely N-dealkylation sites (tertiary alicyclic amines) is 1. The molecule has 1 aliphatic rings. The number of nitrogens with zero attached hydrogens (tertiary/aromatic N) is 3. The molecule has 0 amide bonds. The minimum absolute atomic E-state index is 0.409. The van der Waals surface area contributed by atoms with Crippen molar-refractivity contribution >= 4 is 5.82 Å². The second-order valence-corrected chi connectivity index (χ2v) is 4.36. The van der Waals surface area contributed by atoms with Crippen LogP contribution in [0.1, 0.15) is 17.5 Å². The van der Waals surface area contributed by atoms with Gasteiger partial charge in [0.2, 0.25) is 0 Å². The third kappa shape index (κ3) is 2.15. The van der Waals surface area contributed by atoms with E-state index in [1.54, 1.807) is 6.20 Å². The maximum Gasteiger partial charge on any atom is 0.144 e. The number of likely N-dealkylation sites (N-methyl/N-ethyl adjacent to an activating group) is 1. The molecule has 4 heteroatoms. The molecule has 1 unspecified atom stereocenters. The lowest BCUT2D eigenvalue weighted by Gasteiger charge is -2.14. The van der Waals surface area contributed by atoms with Crippen molar-refractivity contribution in [2.45, 2.75) is 19.4 Å². The SMILES string of the molecule is Cc1ccnc(NC2CCN(C)C2)c1C#N. The fourth-order valence-electron chi connectivity index (χ4n) is 2.05. The molecule has 1 fully saturated rings. The minimum atomic E-state index is 0.409. The van der Waals surface area contributed by atoms with Crippen LogP contribution in [0, 0.1) is 18.3 Å². The van der Waals surface area contributed by atoms with E-state index in [2.05, 4.69) is 28.3 Å². The zero-order chi connectivity index (χ0) is 11.5. The third-order valence-corrected chi connectivity index (χ3v) is 3.00. The van der Waals surface area contributed by atoms with Gasteiger partial charge in [0.15, 0.2) is 0 Å². The highest BCUT2D eigenvalue weighted by Gasteiger charge is 2.20. The fraction of sp³-hybridized carbons (Fsp3) is 0.500. The summed E-state index contributed by atoms with van der Waals surface area (Å²) in [5, 5.41) is 12.4. The van der Waals surface area contributed by atoms with Crippen molar-refractivity contribution in [2.24, 2.45) is 0 Å². The summed E-state index contributed by atoms with van der Waals surface area (Å²) in [7, 11) is 2.11. The van der Waals surface area contributed by atoms with Crippen LogP contribution in [-0.4, -0.2) is 36.1 Å². The Kier molecular flexibility index (Phi) is 3.07. The second-order valence-electron chi connectivity index (χ2n) is 4.36. The molecule has 16 heavy (non-hydrogen) atoms. The molecule has 0 saturated carbocycles. The number of anilines is 1. The first-order valence-electron chi connectivity index (χ1n) is 5.51. The Morgan fingerprint density at radius 2 is 2.44 bits per heavy atom. The molecule has 84 valence electrons. The van der Waals surface area contributed by atoms with Crippen molar-refractivity contribution in [3.05, 3.63) is 23.4 Å². The van der Waals surface area contributed by atoms with Crippen molar-refractivity contribution in [2.75, 3.05) is 25.5 Å². The third-order valence-electron chi connectivity index (χ3n) is 3.00. The topological polar surface area (TPSA) is 52.0 Å². The minimum Gasteiger partial charge on any atom is -0.365 e.